The van der Waals surface area contributed by atoms with Crippen molar-refractivity contribution in [1.82, 2.24) is 0 Å². The molecule has 0 saturated heterocycles. The first-order chi connectivity index (χ1) is 7.77. The Morgan fingerprint density at radius 2 is 2.06 bits per heavy atom. The fourth-order valence-corrected chi connectivity index (χ4v) is 2.28. The van der Waals surface area contributed by atoms with E-state index in [1.807, 2.05) is 12.1 Å². The smallest absolute Gasteiger partial charge is 0.150 e. The lowest BCUT2D eigenvalue weighted by atomic mass is 10.2. The Bertz CT molecular complexity index is 456. The number of rotatable bonds is 4. The molecule has 0 unspecified atom stereocenters. The topological polar surface area (TPSA) is 39.2 Å². The predicted octanol–water partition coefficient (Wildman–Crippen LogP) is 3.43. The molecule has 0 aliphatic heterocycles. The van der Waals surface area contributed by atoms with Crippen LogP contribution in [0.15, 0.2) is 41.0 Å². The zero-order valence-corrected chi connectivity index (χ0v) is 9.47. The van der Waals surface area contributed by atoms with Crippen LogP contribution in [0.4, 0.5) is 10.1 Å². The Labute approximate surface area is 97.6 Å². The number of halogens is 1. The van der Waals surface area contributed by atoms with E-state index in [-0.39, 0.29) is 11.5 Å². The number of thioether (sulfide) groups is 1. The molecule has 0 amide bonds. The summed E-state index contributed by atoms with van der Waals surface area (Å²) in [5, 5.41) is 0. The van der Waals surface area contributed by atoms with Crippen molar-refractivity contribution in [2.75, 3.05) is 5.73 Å². The second-order valence-electron chi connectivity index (χ2n) is 3.39. The average molecular weight is 237 g/mol. The summed E-state index contributed by atoms with van der Waals surface area (Å²) in [6.07, 6.45) is 1.64. The lowest BCUT2D eigenvalue weighted by molar-refractivity contribution is 0.530. The van der Waals surface area contributed by atoms with Crippen LogP contribution in [0, 0.1) is 5.82 Å². The maximum Gasteiger partial charge on any atom is 0.150 e. The first-order valence-corrected chi connectivity index (χ1v) is 6.06. The Morgan fingerprint density at radius 3 is 2.81 bits per heavy atom. The summed E-state index contributed by atoms with van der Waals surface area (Å²) in [7, 11) is 0. The third-order valence-corrected chi connectivity index (χ3v) is 3.19. The van der Waals surface area contributed by atoms with E-state index in [0.717, 1.165) is 11.5 Å². The van der Waals surface area contributed by atoms with E-state index in [0.29, 0.717) is 11.3 Å². The van der Waals surface area contributed by atoms with Crippen LogP contribution in [0.1, 0.15) is 11.3 Å². The van der Waals surface area contributed by atoms with Gasteiger partial charge in [0.15, 0.2) is 0 Å². The summed E-state index contributed by atoms with van der Waals surface area (Å²) >= 11 is 1.60. The highest BCUT2D eigenvalue weighted by Crippen LogP contribution is 2.22. The van der Waals surface area contributed by atoms with E-state index in [1.165, 1.54) is 0 Å². The predicted molar refractivity (Wildman–Crippen MR) is 64.5 cm³/mol. The van der Waals surface area contributed by atoms with E-state index in [2.05, 4.69) is 0 Å². The highest BCUT2D eigenvalue weighted by atomic mass is 32.2. The lowest BCUT2D eigenvalue weighted by Crippen LogP contribution is -1.95. The molecule has 84 valence electrons. The second kappa shape index (κ2) is 5.07. The molecule has 16 heavy (non-hydrogen) atoms. The molecule has 0 fully saturated rings. The normalized spacial score (nSPS) is 10.6. The van der Waals surface area contributed by atoms with Gasteiger partial charge in [0.25, 0.3) is 0 Å². The van der Waals surface area contributed by atoms with Crippen LogP contribution in [-0.4, -0.2) is 0 Å². The van der Waals surface area contributed by atoms with Crippen molar-refractivity contribution < 1.29 is 8.81 Å². The largest absolute Gasteiger partial charge is 0.468 e. The summed E-state index contributed by atoms with van der Waals surface area (Å²) in [4.78, 5) is 0. The van der Waals surface area contributed by atoms with Crippen molar-refractivity contribution in [1.29, 1.82) is 0 Å². The van der Waals surface area contributed by atoms with Gasteiger partial charge in [-0.25, -0.2) is 4.39 Å². The van der Waals surface area contributed by atoms with Gasteiger partial charge < -0.3 is 10.2 Å². The zero-order valence-electron chi connectivity index (χ0n) is 8.65. The molecule has 0 atom stereocenters. The van der Waals surface area contributed by atoms with E-state index in [9.17, 15) is 4.39 Å². The van der Waals surface area contributed by atoms with Gasteiger partial charge in [0.1, 0.15) is 11.6 Å². The molecule has 0 aliphatic rings. The number of anilines is 1. The van der Waals surface area contributed by atoms with Crippen LogP contribution in [0.3, 0.4) is 0 Å². The number of hydrogen-bond acceptors (Lipinski definition) is 3. The van der Waals surface area contributed by atoms with Crippen molar-refractivity contribution in [3.8, 4) is 0 Å². The van der Waals surface area contributed by atoms with E-state index in [4.69, 9.17) is 10.2 Å². The summed E-state index contributed by atoms with van der Waals surface area (Å²) in [6.45, 7) is 0. The van der Waals surface area contributed by atoms with Gasteiger partial charge in [0.05, 0.1) is 17.7 Å². The van der Waals surface area contributed by atoms with Crippen LogP contribution in [0.25, 0.3) is 0 Å². The van der Waals surface area contributed by atoms with Gasteiger partial charge in [-0.1, -0.05) is 12.1 Å². The van der Waals surface area contributed by atoms with Crippen LogP contribution in [0.2, 0.25) is 0 Å². The SMILES string of the molecule is Nc1cccc(CSCc2ccco2)c1F. The Kier molecular flexibility index (Phi) is 3.51. The number of nitrogen functional groups attached to an aromatic ring is 1. The Hall–Kier alpha value is -1.42. The van der Waals surface area contributed by atoms with Gasteiger partial charge in [-0.2, -0.15) is 0 Å². The molecule has 4 heteroatoms. The van der Waals surface area contributed by atoms with Gasteiger partial charge in [-0.05, 0) is 23.8 Å². The molecule has 2 N–H and O–H groups in total. The van der Waals surface area contributed by atoms with E-state index >= 15 is 0 Å². The molecule has 1 aromatic carbocycles. The molecule has 1 heterocycles. The molecular weight excluding hydrogens is 225 g/mol. The van der Waals surface area contributed by atoms with Crippen molar-refractivity contribution in [2.45, 2.75) is 11.5 Å². The van der Waals surface area contributed by atoms with Crippen LogP contribution in [-0.2, 0) is 11.5 Å². The first-order valence-electron chi connectivity index (χ1n) is 4.90. The van der Waals surface area contributed by atoms with Crippen molar-refractivity contribution in [3.05, 3.63) is 53.7 Å². The molecule has 0 aliphatic carbocycles. The molecule has 0 saturated carbocycles. The lowest BCUT2D eigenvalue weighted by Gasteiger charge is -2.04. The number of benzene rings is 1. The number of furan rings is 1. The van der Waals surface area contributed by atoms with E-state index < -0.39 is 0 Å². The molecule has 2 aromatic rings. The molecule has 0 radical (unpaired) electrons. The molecule has 0 bridgehead atoms. The Morgan fingerprint density at radius 1 is 1.19 bits per heavy atom. The number of hydrogen-bond donors (Lipinski definition) is 1. The third kappa shape index (κ3) is 2.58. The zero-order chi connectivity index (χ0) is 11.4. The minimum absolute atomic E-state index is 0.205. The quantitative estimate of drug-likeness (QED) is 0.828. The van der Waals surface area contributed by atoms with Gasteiger partial charge >= 0.3 is 0 Å². The molecule has 0 spiro atoms. The monoisotopic (exact) mass is 237 g/mol. The van der Waals surface area contributed by atoms with Crippen molar-refractivity contribution in [3.63, 3.8) is 0 Å². The molecular formula is C12H12FNOS. The van der Waals surface area contributed by atoms with Crippen LogP contribution in [0.5, 0.6) is 0 Å². The highest BCUT2D eigenvalue weighted by molar-refractivity contribution is 7.97. The van der Waals surface area contributed by atoms with Crippen LogP contribution < -0.4 is 5.73 Å². The number of nitrogens with two attached hydrogens (primary N) is 1. The fraction of sp³-hybridized carbons (Fsp3) is 0.167. The summed E-state index contributed by atoms with van der Waals surface area (Å²) in [5.41, 5.74) is 6.32. The minimum atomic E-state index is -0.311. The molecule has 2 nitrogen and oxygen atoms in total. The second-order valence-corrected chi connectivity index (χ2v) is 4.38. The van der Waals surface area contributed by atoms with Crippen molar-refractivity contribution in [2.24, 2.45) is 0 Å². The van der Waals surface area contributed by atoms with Gasteiger partial charge in [-0.15, -0.1) is 11.8 Å². The molecule has 1 aromatic heterocycles. The summed E-state index contributed by atoms with van der Waals surface area (Å²) in [5.74, 6) is 1.92. The Balaban J connectivity index is 1.92. The summed E-state index contributed by atoms with van der Waals surface area (Å²) in [6, 6.07) is 8.83. The first kappa shape index (κ1) is 11.1. The standard InChI is InChI=1S/C12H12FNOS/c13-12-9(3-1-5-11(12)14)7-16-8-10-4-2-6-15-10/h1-6H,7-8,14H2. The summed E-state index contributed by atoms with van der Waals surface area (Å²) < 4.78 is 18.7. The van der Waals surface area contributed by atoms with Crippen LogP contribution >= 0.6 is 11.8 Å². The highest BCUT2D eigenvalue weighted by Gasteiger charge is 2.05. The van der Waals surface area contributed by atoms with Gasteiger partial charge in [0.2, 0.25) is 0 Å². The van der Waals surface area contributed by atoms with E-state index in [1.54, 1.807) is 36.2 Å². The maximum absolute atomic E-state index is 13.5. The van der Waals surface area contributed by atoms with Gasteiger partial charge in [-0.3, -0.25) is 0 Å². The maximum atomic E-state index is 13.5. The van der Waals surface area contributed by atoms with Gasteiger partial charge in [0, 0.05) is 5.75 Å². The minimum Gasteiger partial charge on any atom is -0.468 e. The molecule has 2 rings (SSSR count). The fourth-order valence-electron chi connectivity index (χ4n) is 1.37. The van der Waals surface area contributed by atoms with Crippen molar-refractivity contribution >= 4 is 17.4 Å². The average Bonchev–Trinajstić information content (AvgIpc) is 2.77. The third-order valence-electron chi connectivity index (χ3n) is 2.19.